The highest BCUT2D eigenvalue weighted by molar-refractivity contribution is 5.99. The molecule has 0 saturated carbocycles. The summed E-state index contributed by atoms with van der Waals surface area (Å²) in [6, 6.07) is 13.1. The van der Waals surface area contributed by atoms with Gasteiger partial charge in [-0.25, -0.2) is 0 Å². The summed E-state index contributed by atoms with van der Waals surface area (Å²) in [5.41, 5.74) is 8.18. The quantitative estimate of drug-likeness (QED) is 0.833. The third-order valence-corrected chi connectivity index (χ3v) is 4.67. The number of amides is 1. The second-order valence-corrected chi connectivity index (χ2v) is 6.38. The summed E-state index contributed by atoms with van der Waals surface area (Å²) >= 11 is 0. The van der Waals surface area contributed by atoms with Gasteiger partial charge in [0, 0.05) is 44.5 Å². The summed E-state index contributed by atoms with van der Waals surface area (Å²) in [4.78, 5) is 16.8. The van der Waals surface area contributed by atoms with Crippen LogP contribution >= 0.6 is 0 Å². The van der Waals surface area contributed by atoms with E-state index in [-0.39, 0.29) is 5.91 Å². The van der Waals surface area contributed by atoms with Crippen LogP contribution in [0.25, 0.3) is 0 Å². The maximum absolute atomic E-state index is 12.6. The average Bonchev–Trinajstić information content (AvgIpc) is 2.68. The zero-order chi connectivity index (χ0) is 18.5. The Balaban J connectivity index is 1.61. The van der Waals surface area contributed by atoms with Crippen LogP contribution in [0.4, 0.5) is 5.69 Å². The number of hydrogen-bond donors (Lipinski definition) is 1. The van der Waals surface area contributed by atoms with Crippen LogP contribution in [0, 0.1) is 0 Å². The lowest BCUT2D eigenvalue weighted by Gasteiger charge is -2.35. The van der Waals surface area contributed by atoms with Crippen LogP contribution in [0.1, 0.15) is 15.9 Å². The second kappa shape index (κ2) is 8.10. The van der Waals surface area contributed by atoms with Gasteiger partial charge in [-0.05, 0) is 29.8 Å². The number of para-hydroxylation sites is 1. The molecule has 6 nitrogen and oxygen atoms in total. The maximum Gasteiger partial charge on any atom is 0.256 e. The molecule has 2 N–H and O–H groups in total. The van der Waals surface area contributed by atoms with Gasteiger partial charge in [0.1, 0.15) is 11.5 Å². The van der Waals surface area contributed by atoms with Crippen LogP contribution < -0.4 is 15.2 Å². The molecule has 0 atom stereocenters. The number of nitrogens with two attached hydrogens (primary N) is 1. The van der Waals surface area contributed by atoms with Gasteiger partial charge in [-0.3, -0.25) is 9.69 Å². The zero-order valence-corrected chi connectivity index (χ0v) is 15.3. The first-order valence-electron chi connectivity index (χ1n) is 8.69. The fraction of sp³-hybridized carbons (Fsp3) is 0.350. The molecule has 1 aliphatic heterocycles. The molecular formula is C20H25N3O3. The van der Waals surface area contributed by atoms with E-state index in [9.17, 15) is 4.79 Å². The van der Waals surface area contributed by atoms with E-state index in [0.29, 0.717) is 24.3 Å². The Kier molecular flexibility index (Phi) is 5.63. The molecule has 0 unspecified atom stereocenters. The summed E-state index contributed by atoms with van der Waals surface area (Å²) in [6.07, 6.45) is 0. The van der Waals surface area contributed by atoms with E-state index in [0.717, 1.165) is 36.7 Å². The molecule has 0 spiro atoms. The van der Waals surface area contributed by atoms with Gasteiger partial charge in [0.15, 0.2) is 0 Å². The van der Waals surface area contributed by atoms with Gasteiger partial charge in [0.05, 0.1) is 19.8 Å². The van der Waals surface area contributed by atoms with Crippen molar-refractivity contribution in [3.63, 3.8) is 0 Å². The molecule has 0 bridgehead atoms. The molecule has 0 aliphatic carbocycles. The number of hydrogen-bond acceptors (Lipinski definition) is 5. The van der Waals surface area contributed by atoms with Gasteiger partial charge >= 0.3 is 0 Å². The SMILES string of the molecule is COc1cc(CN2CCN(C(=O)c3ccccc3N)CC2)cc(OC)c1. The Morgan fingerprint density at radius 2 is 1.62 bits per heavy atom. The number of nitrogens with zero attached hydrogens (tertiary/aromatic N) is 2. The minimum Gasteiger partial charge on any atom is -0.497 e. The second-order valence-electron chi connectivity index (χ2n) is 6.38. The number of ether oxygens (including phenoxy) is 2. The maximum atomic E-state index is 12.6. The van der Waals surface area contributed by atoms with Gasteiger partial charge < -0.3 is 20.1 Å². The molecule has 6 heteroatoms. The Morgan fingerprint density at radius 3 is 2.19 bits per heavy atom. The first kappa shape index (κ1) is 18.1. The summed E-state index contributed by atoms with van der Waals surface area (Å²) in [6.45, 7) is 3.81. The molecule has 26 heavy (non-hydrogen) atoms. The van der Waals surface area contributed by atoms with Crippen molar-refractivity contribution in [1.82, 2.24) is 9.80 Å². The minimum absolute atomic E-state index is 0.00537. The highest BCUT2D eigenvalue weighted by Gasteiger charge is 2.23. The number of benzene rings is 2. The van der Waals surface area contributed by atoms with E-state index in [1.54, 1.807) is 26.4 Å². The van der Waals surface area contributed by atoms with E-state index in [1.807, 2.05) is 35.2 Å². The molecule has 0 radical (unpaired) electrons. The van der Waals surface area contributed by atoms with Crippen LogP contribution in [0.15, 0.2) is 42.5 Å². The molecule has 2 aromatic rings. The lowest BCUT2D eigenvalue weighted by atomic mass is 10.1. The van der Waals surface area contributed by atoms with Crippen LogP contribution in [0.3, 0.4) is 0 Å². The Labute approximate surface area is 154 Å². The Bertz CT molecular complexity index is 748. The average molecular weight is 355 g/mol. The smallest absolute Gasteiger partial charge is 0.256 e. The molecule has 2 aromatic carbocycles. The summed E-state index contributed by atoms with van der Waals surface area (Å²) in [5, 5.41) is 0. The van der Waals surface area contributed by atoms with Crippen molar-refractivity contribution in [2.24, 2.45) is 0 Å². The third-order valence-electron chi connectivity index (χ3n) is 4.67. The molecule has 138 valence electrons. The molecule has 1 aliphatic rings. The molecular weight excluding hydrogens is 330 g/mol. The van der Waals surface area contributed by atoms with Crippen molar-refractivity contribution in [3.05, 3.63) is 53.6 Å². The first-order valence-corrected chi connectivity index (χ1v) is 8.69. The van der Waals surface area contributed by atoms with E-state index < -0.39 is 0 Å². The minimum atomic E-state index is 0.00537. The van der Waals surface area contributed by atoms with Crippen LogP contribution in [-0.4, -0.2) is 56.1 Å². The number of rotatable bonds is 5. The lowest BCUT2D eigenvalue weighted by Crippen LogP contribution is -2.48. The monoisotopic (exact) mass is 355 g/mol. The van der Waals surface area contributed by atoms with E-state index in [4.69, 9.17) is 15.2 Å². The first-order chi connectivity index (χ1) is 12.6. The van der Waals surface area contributed by atoms with E-state index in [1.165, 1.54) is 0 Å². The van der Waals surface area contributed by atoms with Crippen LogP contribution in [0.5, 0.6) is 11.5 Å². The van der Waals surface area contributed by atoms with E-state index >= 15 is 0 Å². The number of methoxy groups -OCH3 is 2. The van der Waals surface area contributed by atoms with Gasteiger partial charge in [-0.2, -0.15) is 0 Å². The van der Waals surface area contributed by atoms with Gasteiger partial charge in [0.2, 0.25) is 0 Å². The summed E-state index contributed by atoms with van der Waals surface area (Å²) < 4.78 is 10.7. The Hall–Kier alpha value is -2.73. The van der Waals surface area contributed by atoms with Crippen LogP contribution in [0.2, 0.25) is 0 Å². The normalized spacial score (nSPS) is 14.9. The van der Waals surface area contributed by atoms with Crippen molar-refractivity contribution in [2.75, 3.05) is 46.1 Å². The molecule has 1 amide bonds. The molecule has 1 heterocycles. The third kappa shape index (κ3) is 4.08. The lowest BCUT2D eigenvalue weighted by molar-refractivity contribution is 0.0629. The van der Waals surface area contributed by atoms with Gasteiger partial charge in [0.25, 0.3) is 5.91 Å². The number of carbonyl (C=O) groups excluding carboxylic acids is 1. The topological polar surface area (TPSA) is 68.0 Å². The molecule has 3 rings (SSSR count). The fourth-order valence-corrected chi connectivity index (χ4v) is 3.19. The van der Waals surface area contributed by atoms with Gasteiger partial charge in [-0.1, -0.05) is 12.1 Å². The van der Waals surface area contributed by atoms with Crippen molar-refractivity contribution < 1.29 is 14.3 Å². The highest BCUT2D eigenvalue weighted by atomic mass is 16.5. The summed E-state index contributed by atoms with van der Waals surface area (Å²) in [7, 11) is 3.30. The van der Waals surface area contributed by atoms with Gasteiger partial charge in [-0.15, -0.1) is 0 Å². The number of nitrogen functional groups attached to an aromatic ring is 1. The predicted octanol–water partition coefficient (Wildman–Crippen LogP) is 2.24. The Morgan fingerprint density at radius 1 is 1.00 bits per heavy atom. The predicted molar refractivity (Wildman–Crippen MR) is 102 cm³/mol. The number of anilines is 1. The summed E-state index contributed by atoms with van der Waals surface area (Å²) in [5.74, 6) is 1.58. The molecule has 0 aromatic heterocycles. The molecule has 1 fully saturated rings. The fourth-order valence-electron chi connectivity index (χ4n) is 3.19. The standard InChI is InChI=1S/C20H25N3O3/c1-25-16-11-15(12-17(13-16)26-2)14-22-7-9-23(10-8-22)20(24)18-5-3-4-6-19(18)21/h3-6,11-13H,7-10,14,21H2,1-2H3. The van der Waals surface area contributed by atoms with Crippen molar-refractivity contribution in [1.29, 1.82) is 0 Å². The largest absolute Gasteiger partial charge is 0.497 e. The van der Waals surface area contributed by atoms with E-state index in [2.05, 4.69) is 4.90 Å². The van der Waals surface area contributed by atoms with Crippen molar-refractivity contribution in [3.8, 4) is 11.5 Å². The zero-order valence-electron chi connectivity index (χ0n) is 15.3. The number of piperazine rings is 1. The highest BCUT2D eigenvalue weighted by Crippen LogP contribution is 2.24. The van der Waals surface area contributed by atoms with Crippen LogP contribution in [-0.2, 0) is 6.54 Å². The van der Waals surface area contributed by atoms with Crippen molar-refractivity contribution >= 4 is 11.6 Å². The molecule has 1 saturated heterocycles. The van der Waals surface area contributed by atoms with Crippen molar-refractivity contribution in [2.45, 2.75) is 6.54 Å². The number of carbonyl (C=O) groups is 1.